The molecule has 0 aliphatic carbocycles. The second-order valence-corrected chi connectivity index (χ2v) is 5.98. The van der Waals surface area contributed by atoms with E-state index in [1.54, 1.807) is 12.1 Å². The minimum Gasteiger partial charge on any atom is -0.465 e. The number of ether oxygens (including phenoxy) is 2. The van der Waals surface area contributed by atoms with Gasteiger partial charge in [0.2, 0.25) is 5.78 Å². The summed E-state index contributed by atoms with van der Waals surface area (Å²) in [6, 6.07) is 10.0. The number of esters is 2. The van der Waals surface area contributed by atoms with E-state index in [1.807, 2.05) is 19.1 Å². The molecule has 0 N–H and O–H groups in total. The Bertz CT molecular complexity index is 919. The molecule has 0 radical (unpaired) electrons. The standard InChI is InChI=1S/C20H19NO7/c1-4-13-5-7-14(8-6-13)18(22)12(2)28-20(24)16-9-15(19(23)27-3)10-17(11-16)21(25)26/h5-12H,4H2,1-3H3/t12-/m0/s1. The van der Waals surface area contributed by atoms with Crippen LogP contribution in [0.15, 0.2) is 42.5 Å². The van der Waals surface area contributed by atoms with Crippen LogP contribution in [0.1, 0.15) is 50.5 Å². The summed E-state index contributed by atoms with van der Waals surface area (Å²) in [5, 5.41) is 11.1. The Hall–Kier alpha value is -3.55. The van der Waals surface area contributed by atoms with Crippen molar-refractivity contribution in [1.29, 1.82) is 0 Å². The highest BCUT2D eigenvalue weighted by atomic mass is 16.6. The SMILES string of the molecule is CCc1ccc(C(=O)[C@H](C)OC(=O)c2cc(C(=O)OC)cc([N+](=O)[O-])c2)cc1. The van der Waals surface area contributed by atoms with E-state index >= 15 is 0 Å². The van der Waals surface area contributed by atoms with Crippen molar-refractivity contribution in [3.63, 3.8) is 0 Å². The number of hydrogen-bond donors (Lipinski definition) is 0. The molecule has 0 saturated carbocycles. The van der Waals surface area contributed by atoms with Crippen LogP contribution in [-0.2, 0) is 15.9 Å². The third-order valence-electron chi connectivity index (χ3n) is 4.09. The fourth-order valence-electron chi connectivity index (χ4n) is 2.49. The number of aryl methyl sites for hydroxylation is 1. The van der Waals surface area contributed by atoms with Gasteiger partial charge in [0, 0.05) is 17.7 Å². The molecule has 0 spiro atoms. The smallest absolute Gasteiger partial charge is 0.339 e. The quantitative estimate of drug-likeness (QED) is 0.311. The summed E-state index contributed by atoms with van der Waals surface area (Å²) in [5.74, 6) is -2.20. The van der Waals surface area contributed by atoms with Gasteiger partial charge < -0.3 is 9.47 Å². The number of non-ortho nitro benzene ring substituents is 1. The Kier molecular flexibility index (Phi) is 6.59. The lowest BCUT2D eigenvalue weighted by Crippen LogP contribution is -2.24. The number of carbonyl (C=O) groups is 3. The van der Waals surface area contributed by atoms with Gasteiger partial charge in [-0.25, -0.2) is 9.59 Å². The van der Waals surface area contributed by atoms with Crippen molar-refractivity contribution >= 4 is 23.4 Å². The van der Waals surface area contributed by atoms with Crippen molar-refractivity contribution in [2.24, 2.45) is 0 Å². The van der Waals surface area contributed by atoms with Crippen molar-refractivity contribution in [3.8, 4) is 0 Å². The Morgan fingerprint density at radius 3 is 2.07 bits per heavy atom. The molecule has 1 atom stereocenters. The van der Waals surface area contributed by atoms with Crippen molar-refractivity contribution in [3.05, 3.63) is 74.8 Å². The van der Waals surface area contributed by atoms with Crippen LogP contribution in [-0.4, -0.2) is 35.9 Å². The zero-order valence-corrected chi connectivity index (χ0v) is 15.6. The Labute approximate surface area is 161 Å². The van der Waals surface area contributed by atoms with Crippen molar-refractivity contribution in [1.82, 2.24) is 0 Å². The van der Waals surface area contributed by atoms with Gasteiger partial charge >= 0.3 is 11.9 Å². The molecule has 146 valence electrons. The van der Waals surface area contributed by atoms with Crippen LogP contribution >= 0.6 is 0 Å². The molecule has 0 fully saturated rings. The van der Waals surface area contributed by atoms with Gasteiger partial charge in [0.1, 0.15) is 0 Å². The van der Waals surface area contributed by atoms with E-state index in [0.29, 0.717) is 5.56 Å². The van der Waals surface area contributed by atoms with Crippen molar-refractivity contribution in [2.45, 2.75) is 26.4 Å². The molecular formula is C20H19NO7. The largest absolute Gasteiger partial charge is 0.465 e. The predicted octanol–water partition coefficient (Wildman–Crippen LogP) is 3.37. The number of benzene rings is 2. The molecule has 0 unspecified atom stereocenters. The van der Waals surface area contributed by atoms with Gasteiger partial charge in [0.15, 0.2) is 6.10 Å². The van der Waals surface area contributed by atoms with Crippen molar-refractivity contribution < 1.29 is 28.8 Å². The zero-order chi connectivity index (χ0) is 20.8. The number of methoxy groups -OCH3 is 1. The van der Waals surface area contributed by atoms with Gasteiger partial charge in [0.05, 0.1) is 23.2 Å². The zero-order valence-electron chi connectivity index (χ0n) is 15.6. The molecule has 0 aromatic heterocycles. The maximum atomic E-state index is 12.4. The first-order valence-corrected chi connectivity index (χ1v) is 8.48. The molecule has 0 amide bonds. The van der Waals surface area contributed by atoms with E-state index in [0.717, 1.165) is 37.3 Å². The van der Waals surface area contributed by atoms with E-state index in [4.69, 9.17) is 4.74 Å². The van der Waals surface area contributed by atoms with Gasteiger partial charge in [-0.1, -0.05) is 31.2 Å². The molecule has 2 aromatic carbocycles. The molecule has 0 aliphatic rings. The van der Waals surface area contributed by atoms with Gasteiger partial charge in [-0.3, -0.25) is 14.9 Å². The van der Waals surface area contributed by atoms with Crippen LogP contribution in [0.4, 0.5) is 5.69 Å². The average molecular weight is 385 g/mol. The number of nitro benzene ring substituents is 1. The first kappa shape index (κ1) is 20.8. The number of hydrogen-bond acceptors (Lipinski definition) is 7. The number of rotatable bonds is 7. The molecular weight excluding hydrogens is 366 g/mol. The first-order valence-electron chi connectivity index (χ1n) is 8.48. The predicted molar refractivity (Wildman–Crippen MR) is 99.5 cm³/mol. The van der Waals surface area contributed by atoms with Gasteiger partial charge in [-0.2, -0.15) is 0 Å². The third kappa shape index (κ3) is 4.79. The second-order valence-electron chi connectivity index (χ2n) is 5.98. The molecule has 2 rings (SSSR count). The summed E-state index contributed by atoms with van der Waals surface area (Å²) in [4.78, 5) is 46.8. The second kappa shape index (κ2) is 8.90. The van der Waals surface area contributed by atoms with Gasteiger partial charge in [-0.05, 0) is 25.0 Å². The van der Waals surface area contributed by atoms with Crippen molar-refractivity contribution in [2.75, 3.05) is 7.11 Å². The lowest BCUT2D eigenvalue weighted by Gasteiger charge is -2.13. The maximum Gasteiger partial charge on any atom is 0.339 e. The minimum atomic E-state index is -1.11. The van der Waals surface area contributed by atoms with E-state index in [1.165, 1.54) is 6.92 Å². The molecule has 8 nitrogen and oxygen atoms in total. The van der Waals surface area contributed by atoms with E-state index in [2.05, 4.69) is 4.74 Å². The van der Waals surface area contributed by atoms with E-state index in [9.17, 15) is 24.5 Å². The lowest BCUT2D eigenvalue weighted by molar-refractivity contribution is -0.384. The first-order chi connectivity index (χ1) is 13.3. The summed E-state index contributed by atoms with van der Waals surface area (Å²) in [6.45, 7) is 3.40. The Balaban J connectivity index is 2.22. The molecule has 0 aliphatic heterocycles. The fourth-order valence-corrected chi connectivity index (χ4v) is 2.49. The highest BCUT2D eigenvalue weighted by Crippen LogP contribution is 2.20. The topological polar surface area (TPSA) is 113 Å². The van der Waals surface area contributed by atoms with Gasteiger partial charge in [0.25, 0.3) is 5.69 Å². The Morgan fingerprint density at radius 2 is 1.57 bits per heavy atom. The molecule has 0 saturated heterocycles. The summed E-state index contributed by atoms with van der Waals surface area (Å²) >= 11 is 0. The Morgan fingerprint density at radius 1 is 1.00 bits per heavy atom. The maximum absolute atomic E-state index is 12.4. The fraction of sp³-hybridized carbons (Fsp3) is 0.250. The number of nitro groups is 1. The highest BCUT2D eigenvalue weighted by molar-refractivity contribution is 6.02. The summed E-state index contributed by atoms with van der Waals surface area (Å²) in [7, 11) is 1.11. The average Bonchev–Trinajstić information content (AvgIpc) is 2.72. The molecule has 8 heteroatoms. The summed E-state index contributed by atoms with van der Waals surface area (Å²) in [6.07, 6.45) is -0.283. The lowest BCUT2D eigenvalue weighted by atomic mass is 10.0. The van der Waals surface area contributed by atoms with Crippen LogP contribution in [0.5, 0.6) is 0 Å². The number of ketones is 1. The molecule has 0 bridgehead atoms. The summed E-state index contributed by atoms with van der Waals surface area (Å²) < 4.78 is 9.68. The normalized spacial score (nSPS) is 11.4. The minimum absolute atomic E-state index is 0.169. The van der Waals surface area contributed by atoms with Crippen LogP contribution in [0, 0.1) is 10.1 Å². The number of Topliss-reactive ketones (excluding diaryl/α,β-unsaturated/α-hetero) is 1. The molecule has 2 aromatic rings. The number of carbonyl (C=O) groups excluding carboxylic acids is 3. The molecule has 28 heavy (non-hydrogen) atoms. The van der Waals surface area contributed by atoms with Crippen LogP contribution in [0.2, 0.25) is 0 Å². The third-order valence-corrected chi connectivity index (χ3v) is 4.09. The van der Waals surface area contributed by atoms with Crippen LogP contribution in [0.25, 0.3) is 0 Å². The highest BCUT2D eigenvalue weighted by Gasteiger charge is 2.23. The van der Waals surface area contributed by atoms with E-state index in [-0.39, 0.29) is 11.1 Å². The van der Waals surface area contributed by atoms with Crippen LogP contribution in [0.3, 0.4) is 0 Å². The van der Waals surface area contributed by atoms with E-state index < -0.39 is 34.4 Å². The summed E-state index contributed by atoms with van der Waals surface area (Å²) in [5.41, 5.74) is 0.581. The van der Waals surface area contributed by atoms with Gasteiger partial charge in [-0.15, -0.1) is 0 Å². The number of nitrogens with zero attached hydrogens (tertiary/aromatic N) is 1. The molecule has 0 heterocycles. The monoisotopic (exact) mass is 385 g/mol. The van der Waals surface area contributed by atoms with Crippen LogP contribution < -0.4 is 0 Å².